The first-order chi connectivity index (χ1) is 9.19. The Morgan fingerprint density at radius 1 is 1.58 bits per heavy atom. The van der Waals surface area contributed by atoms with Gasteiger partial charge in [-0.1, -0.05) is 5.10 Å². The van der Waals surface area contributed by atoms with Gasteiger partial charge >= 0.3 is 6.01 Å². The molecule has 1 amide bonds. The van der Waals surface area contributed by atoms with E-state index in [-0.39, 0.29) is 24.4 Å². The van der Waals surface area contributed by atoms with Crippen LogP contribution < -0.4 is 4.90 Å². The maximum atomic E-state index is 11.8. The second kappa shape index (κ2) is 4.75. The number of rotatable bonds is 3. The molecule has 100 valence electrons. The number of thiophene rings is 1. The van der Waals surface area contributed by atoms with Crippen LogP contribution in [0.4, 0.5) is 6.01 Å². The summed E-state index contributed by atoms with van der Waals surface area (Å²) in [6.45, 7) is 2.40. The molecule has 3 rings (SSSR count). The highest BCUT2D eigenvalue weighted by Gasteiger charge is 2.33. The van der Waals surface area contributed by atoms with Crippen LogP contribution in [0.25, 0.3) is 10.8 Å². The minimum atomic E-state index is -0.0860. The van der Waals surface area contributed by atoms with Gasteiger partial charge in [-0.2, -0.15) is 0 Å². The first-order valence-electron chi connectivity index (χ1n) is 5.98. The summed E-state index contributed by atoms with van der Waals surface area (Å²) >= 11 is 1.52. The first-order valence-corrected chi connectivity index (χ1v) is 6.86. The Labute approximate surface area is 113 Å². The topological polar surface area (TPSA) is 79.5 Å². The number of aliphatic hydroxyl groups is 1. The van der Waals surface area contributed by atoms with E-state index in [1.807, 2.05) is 18.4 Å². The highest BCUT2D eigenvalue weighted by molar-refractivity contribution is 7.13. The van der Waals surface area contributed by atoms with Crippen LogP contribution in [0.2, 0.25) is 0 Å². The average molecular weight is 279 g/mol. The molecule has 1 aliphatic heterocycles. The van der Waals surface area contributed by atoms with Crippen molar-refractivity contribution < 1.29 is 14.3 Å². The van der Waals surface area contributed by atoms with Crippen molar-refractivity contribution in [1.29, 1.82) is 0 Å². The summed E-state index contributed by atoms with van der Waals surface area (Å²) in [6.07, 6.45) is 0.326. The van der Waals surface area contributed by atoms with Crippen LogP contribution in [0, 0.1) is 12.8 Å². The Balaban J connectivity index is 1.86. The second-order valence-electron chi connectivity index (χ2n) is 4.58. The summed E-state index contributed by atoms with van der Waals surface area (Å²) in [7, 11) is 0. The number of hydrogen-bond donors (Lipinski definition) is 1. The van der Waals surface area contributed by atoms with Crippen molar-refractivity contribution in [3.63, 3.8) is 0 Å². The Morgan fingerprint density at radius 2 is 2.42 bits per heavy atom. The molecule has 0 bridgehead atoms. The van der Waals surface area contributed by atoms with Crippen molar-refractivity contribution in [2.45, 2.75) is 13.3 Å². The van der Waals surface area contributed by atoms with Crippen molar-refractivity contribution in [3.8, 4) is 10.8 Å². The van der Waals surface area contributed by atoms with Gasteiger partial charge in [0.05, 0.1) is 4.88 Å². The van der Waals surface area contributed by atoms with Crippen LogP contribution in [0.5, 0.6) is 0 Å². The monoisotopic (exact) mass is 279 g/mol. The second-order valence-corrected chi connectivity index (χ2v) is 5.50. The summed E-state index contributed by atoms with van der Waals surface area (Å²) in [5, 5.41) is 19.0. The zero-order chi connectivity index (χ0) is 13.4. The van der Waals surface area contributed by atoms with E-state index >= 15 is 0 Å². The minimum Gasteiger partial charge on any atom is -0.402 e. The van der Waals surface area contributed by atoms with Crippen LogP contribution in [0.15, 0.2) is 15.9 Å². The predicted octanol–water partition coefficient (Wildman–Crippen LogP) is 1.45. The van der Waals surface area contributed by atoms with E-state index in [9.17, 15) is 4.79 Å². The summed E-state index contributed by atoms with van der Waals surface area (Å²) in [5.41, 5.74) is 1.07. The van der Waals surface area contributed by atoms with Crippen molar-refractivity contribution in [1.82, 2.24) is 10.2 Å². The van der Waals surface area contributed by atoms with E-state index in [0.717, 1.165) is 10.4 Å². The normalized spacial score (nSPS) is 19.4. The van der Waals surface area contributed by atoms with E-state index in [1.54, 1.807) is 0 Å². The van der Waals surface area contributed by atoms with Crippen LogP contribution in [0.1, 0.15) is 12.0 Å². The number of hydrogen-bond acceptors (Lipinski definition) is 6. The Morgan fingerprint density at radius 3 is 3.05 bits per heavy atom. The molecule has 0 spiro atoms. The summed E-state index contributed by atoms with van der Waals surface area (Å²) in [4.78, 5) is 14.2. The lowest BCUT2D eigenvalue weighted by Crippen LogP contribution is -2.25. The quantitative estimate of drug-likeness (QED) is 0.920. The number of carbonyl (C=O) groups excluding carboxylic acids is 1. The summed E-state index contributed by atoms with van der Waals surface area (Å²) in [6, 6.07) is 2.19. The van der Waals surface area contributed by atoms with Gasteiger partial charge in [0.2, 0.25) is 5.91 Å². The number of anilines is 1. The number of aliphatic hydroxyl groups excluding tert-OH is 1. The molecule has 0 aliphatic carbocycles. The Kier molecular flexibility index (Phi) is 3.08. The standard InChI is InChI=1S/C12H13N3O3S/c1-7-2-3-19-10(7)11-13-14-12(18-11)15-5-8(6-16)4-9(15)17/h2-3,8,16H,4-6H2,1H3. The van der Waals surface area contributed by atoms with Crippen molar-refractivity contribution in [2.24, 2.45) is 5.92 Å². The molecule has 6 nitrogen and oxygen atoms in total. The third-order valence-corrected chi connectivity index (χ3v) is 4.17. The molecule has 2 aromatic heterocycles. The van der Waals surface area contributed by atoms with Crippen molar-refractivity contribution in [3.05, 3.63) is 17.0 Å². The molecule has 7 heteroatoms. The lowest BCUT2D eigenvalue weighted by Gasteiger charge is -2.09. The van der Waals surface area contributed by atoms with E-state index in [1.165, 1.54) is 16.2 Å². The first kappa shape index (κ1) is 12.3. The number of nitrogens with zero attached hydrogens (tertiary/aromatic N) is 3. The van der Waals surface area contributed by atoms with Crippen LogP contribution in [0.3, 0.4) is 0 Å². The number of amides is 1. The molecule has 3 heterocycles. The largest absolute Gasteiger partial charge is 0.402 e. The maximum absolute atomic E-state index is 11.8. The predicted molar refractivity (Wildman–Crippen MR) is 69.9 cm³/mol. The molecular weight excluding hydrogens is 266 g/mol. The third kappa shape index (κ3) is 2.15. The SMILES string of the molecule is Cc1ccsc1-c1nnc(N2CC(CO)CC2=O)o1. The molecule has 1 N–H and O–H groups in total. The molecule has 1 fully saturated rings. The van der Waals surface area contributed by atoms with Gasteiger partial charge in [0.15, 0.2) is 0 Å². The molecule has 1 saturated heterocycles. The zero-order valence-corrected chi connectivity index (χ0v) is 11.2. The van der Waals surface area contributed by atoms with E-state index < -0.39 is 0 Å². The van der Waals surface area contributed by atoms with Gasteiger partial charge in [-0.3, -0.25) is 9.69 Å². The number of aryl methyl sites for hydroxylation is 1. The molecular formula is C12H13N3O3S. The van der Waals surface area contributed by atoms with Crippen LogP contribution in [-0.4, -0.2) is 34.4 Å². The zero-order valence-electron chi connectivity index (χ0n) is 10.4. The molecule has 19 heavy (non-hydrogen) atoms. The lowest BCUT2D eigenvalue weighted by atomic mass is 10.1. The van der Waals surface area contributed by atoms with E-state index in [2.05, 4.69) is 10.2 Å². The van der Waals surface area contributed by atoms with E-state index in [0.29, 0.717) is 18.9 Å². The fourth-order valence-electron chi connectivity index (χ4n) is 2.10. The molecule has 0 aromatic carbocycles. The third-order valence-electron chi connectivity index (χ3n) is 3.16. The minimum absolute atomic E-state index is 0.00668. The summed E-state index contributed by atoms with van der Waals surface area (Å²) < 4.78 is 5.57. The maximum Gasteiger partial charge on any atom is 0.325 e. The molecule has 0 saturated carbocycles. The van der Waals surface area contributed by atoms with Gasteiger partial charge in [0, 0.05) is 25.5 Å². The fourth-order valence-corrected chi connectivity index (χ4v) is 2.94. The van der Waals surface area contributed by atoms with Crippen LogP contribution in [-0.2, 0) is 4.79 Å². The number of carbonyl (C=O) groups is 1. The highest BCUT2D eigenvalue weighted by Crippen LogP contribution is 2.31. The number of aromatic nitrogens is 2. The molecule has 1 aliphatic rings. The molecule has 1 atom stereocenters. The van der Waals surface area contributed by atoms with Gasteiger partial charge in [-0.05, 0) is 23.9 Å². The fraction of sp³-hybridized carbons (Fsp3) is 0.417. The van der Waals surface area contributed by atoms with Crippen LogP contribution >= 0.6 is 11.3 Å². The van der Waals surface area contributed by atoms with Crippen molar-refractivity contribution >= 4 is 23.3 Å². The summed E-state index contributed by atoms with van der Waals surface area (Å²) in [5.74, 6) is 0.297. The molecule has 1 unspecified atom stereocenters. The van der Waals surface area contributed by atoms with E-state index in [4.69, 9.17) is 9.52 Å². The highest BCUT2D eigenvalue weighted by atomic mass is 32.1. The van der Waals surface area contributed by atoms with Gasteiger partial charge in [0.25, 0.3) is 5.89 Å². The van der Waals surface area contributed by atoms with Gasteiger partial charge in [0.1, 0.15) is 0 Å². The van der Waals surface area contributed by atoms with Gasteiger partial charge < -0.3 is 9.52 Å². The lowest BCUT2D eigenvalue weighted by molar-refractivity contribution is -0.117. The molecule has 2 aromatic rings. The van der Waals surface area contributed by atoms with Gasteiger partial charge in [-0.25, -0.2) is 0 Å². The Bertz CT molecular complexity index is 607. The molecule has 0 radical (unpaired) electrons. The van der Waals surface area contributed by atoms with Gasteiger partial charge in [-0.15, -0.1) is 16.4 Å². The smallest absolute Gasteiger partial charge is 0.325 e. The van der Waals surface area contributed by atoms with Crippen molar-refractivity contribution in [2.75, 3.05) is 18.1 Å². The Hall–Kier alpha value is -1.73. The average Bonchev–Trinajstić information content (AvgIpc) is 3.07.